The van der Waals surface area contributed by atoms with Crippen molar-refractivity contribution < 1.29 is 4.79 Å². The first-order chi connectivity index (χ1) is 13.2. The van der Waals surface area contributed by atoms with E-state index in [0.29, 0.717) is 6.42 Å². The van der Waals surface area contributed by atoms with Gasteiger partial charge in [-0.1, -0.05) is 18.2 Å². The molecule has 4 nitrogen and oxygen atoms in total. The molecule has 142 valence electrons. The highest BCUT2D eigenvalue weighted by molar-refractivity contribution is 5.91. The number of hydrogen-bond donors (Lipinski definition) is 1. The highest BCUT2D eigenvalue weighted by atomic mass is 16.1. The topological polar surface area (TPSA) is 35.6 Å². The van der Waals surface area contributed by atoms with Crippen LogP contribution >= 0.6 is 0 Å². The second-order valence-electron chi connectivity index (χ2n) is 7.80. The number of fused-ring (bicyclic) bond motifs is 1. The van der Waals surface area contributed by atoms with E-state index in [1.165, 1.54) is 35.2 Å². The van der Waals surface area contributed by atoms with Gasteiger partial charge in [0, 0.05) is 50.5 Å². The van der Waals surface area contributed by atoms with Crippen LogP contribution in [-0.2, 0) is 17.6 Å². The minimum Gasteiger partial charge on any atom is -0.369 e. The van der Waals surface area contributed by atoms with Crippen molar-refractivity contribution in [1.29, 1.82) is 0 Å². The molecule has 1 heterocycles. The molecule has 1 aliphatic carbocycles. The minimum atomic E-state index is 0.120. The molecule has 0 bridgehead atoms. The first-order valence-corrected chi connectivity index (χ1v) is 10.1. The van der Waals surface area contributed by atoms with Crippen molar-refractivity contribution in [2.24, 2.45) is 0 Å². The van der Waals surface area contributed by atoms with Crippen LogP contribution in [0.1, 0.15) is 29.5 Å². The van der Waals surface area contributed by atoms with Gasteiger partial charge in [0.15, 0.2) is 0 Å². The number of carbonyl (C=O) groups excluding carboxylic acids is 1. The van der Waals surface area contributed by atoms with E-state index in [1.54, 1.807) is 0 Å². The monoisotopic (exact) mass is 363 g/mol. The van der Waals surface area contributed by atoms with Crippen LogP contribution in [0.3, 0.4) is 0 Å². The Hall–Kier alpha value is -2.33. The Labute approximate surface area is 162 Å². The van der Waals surface area contributed by atoms with Gasteiger partial charge in [0.05, 0.1) is 0 Å². The first-order valence-electron chi connectivity index (χ1n) is 10.1. The molecule has 1 saturated heterocycles. The standard InChI is InChI=1S/C23H29N3O/c1-18-4-2-7-22(16-18)26-14-12-25(13-15-26)11-10-23(27)24-21-9-8-19-5-3-6-20(19)17-21/h2,4,7-9,16-17H,3,5-6,10-15H2,1H3,(H,24,27). The molecule has 1 N–H and O–H groups in total. The van der Waals surface area contributed by atoms with Crippen molar-refractivity contribution in [2.75, 3.05) is 42.9 Å². The van der Waals surface area contributed by atoms with E-state index in [9.17, 15) is 4.79 Å². The van der Waals surface area contributed by atoms with Crippen LogP contribution in [0.4, 0.5) is 11.4 Å². The summed E-state index contributed by atoms with van der Waals surface area (Å²) in [6.07, 6.45) is 4.12. The second kappa shape index (κ2) is 8.13. The summed E-state index contributed by atoms with van der Waals surface area (Å²) in [4.78, 5) is 17.2. The fraction of sp³-hybridized carbons (Fsp3) is 0.435. The summed E-state index contributed by atoms with van der Waals surface area (Å²) >= 11 is 0. The summed E-state index contributed by atoms with van der Waals surface area (Å²) in [5.74, 6) is 0.120. The number of hydrogen-bond acceptors (Lipinski definition) is 3. The number of amides is 1. The third-order valence-electron chi connectivity index (χ3n) is 5.78. The molecule has 1 aliphatic heterocycles. The molecule has 1 amide bonds. The number of rotatable bonds is 5. The third-order valence-corrected chi connectivity index (χ3v) is 5.78. The molecular formula is C23H29N3O. The Morgan fingerprint density at radius 3 is 2.63 bits per heavy atom. The van der Waals surface area contributed by atoms with Crippen LogP contribution < -0.4 is 10.2 Å². The van der Waals surface area contributed by atoms with Crippen molar-refractivity contribution in [3.8, 4) is 0 Å². The molecule has 2 aromatic rings. The lowest BCUT2D eigenvalue weighted by Gasteiger charge is -2.36. The number of carbonyl (C=O) groups is 1. The van der Waals surface area contributed by atoms with E-state index < -0.39 is 0 Å². The van der Waals surface area contributed by atoms with Crippen LogP contribution in [0.25, 0.3) is 0 Å². The maximum Gasteiger partial charge on any atom is 0.225 e. The molecular weight excluding hydrogens is 334 g/mol. The molecule has 2 aliphatic rings. The zero-order chi connectivity index (χ0) is 18.6. The van der Waals surface area contributed by atoms with Gasteiger partial charge in [-0.25, -0.2) is 0 Å². The lowest BCUT2D eigenvalue weighted by atomic mass is 10.1. The number of nitrogens with one attached hydrogen (secondary N) is 1. The molecule has 0 aromatic heterocycles. The summed E-state index contributed by atoms with van der Waals surface area (Å²) < 4.78 is 0. The van der Waals surface area contributed by atoms with E-state index >= 15 is 0 Å². The van der Waals surface area contributed by atoms with Gasteiger partial charge in [-0.2, -0.15) is 0 Å². The molecule has 2 aromatic carbocycles. The predicted molar refractivity (Wildman–Crippen MR) is 112 cm³/mol. The number of nitrogens with zero attached hydrogens (tertiary/aromatic N) is 2. The van der Waals surface area contributed by atoms with Crippen LogP contribution in [0.5, 0.6) is 0 Å². The van der Waals surface area contributed by atoms with Crippen LogP contribution in [0, 0.1) is 6.92 Å². The van der Waals surface area contributed by atoms with Crippen molar-refractivity contribution >= 4 is 17.3 Å². The largest absolute Gasteiger partial charge is 0.369 e. The Balaban J connectivity index is 1.22. The quantitative estimate of drug-likeness (QED) is 0.881. The van der Waals surface area contributed by atoms with Crippen molar-refractivity contribution in [2.45, 2.75) is 32.6 Å². The summed E-state index contributed by atoms with van der Waals surface area (Å²) in [5, 5.41) is 3.08. The van der Waals surface area contributed by atoms with E-state index in [1.807, 2.05) is 6.07 Å². The Kier molecular flexibility index (Phi) is 5.44. The van der Waals surface area contributed by atoms with E-state index in [2.05, 4.69) is 58.4 Å². The zero-order valence-electron chi connectivity index (χ0n) is 16.2. The third kappa shape index (κ3) is 4.51. The Morgan fingerprint density at radius 2 is 1.81 bits per heavy atom. The smallest absolute Gasteiger partial charge is 0.225 e. The lowest BCUT2D eigenvalue weighted by Crippen LogP contribution is -2.47. The Morgan fingerprint density at radius 1 is 1.00 bits per heavy atom. The normalized spacial score (nSPS) is 17.0. The highest BCUT2D eigenvalue weighted by Gasteiger charge is 2.18. The molecule has 0 atom stereocenters. The fourth-order valence-corrected chi connectivity index (χ4v) is 4.19. The van der Waals surface area contributed by atoms with Crippen LogP contribution in [-0.4, -0.2) is 43.5 Å². The highest BCUT2D eigenvalue weighted by Crippen LogP contribution is 2.25. The summed E-state index contributed by atoms with van der Waals surface area (Å²) in [7, 11) is 0. The van der Waals surface area contributed by atoms with Gasteiger partial charge in [-0.15, -0.1) is 0 Å². The molecule has 0 unspecified atom stereocenters. The predicted octanol–water partition coefficient (Wildman–Crippen LogP) is 3.63. The molecule has 1 fully saturated rings. The van der Waals surface area contributed by atoms with Gasteiger partial charge in [0.1, 0.15) is 0 Å². The van der Waals surface area contributed by atoms with Gasteiger partial charge in [0.2, 0.25) is 5.91 Å². The van der Waals surface area contributed by atoms with Crippen LogP contribution in [0.15, 0.2) is 42.5 Å². The second-order valence-corrected chi connectivity index (χ2v) is 7.80. The van der Waals surface area contributed by atoms with Gasteiger partial charge in [0.25, 0.3) is 0 Å². The summed E-state index contributed by atoms with van der Waals surface area (Å²) in [5.41, 5.74) is 6.41. The minimum absolute atomic E-state index is 0.120. The fourth-order valence-electron chi connectivity index (χ4n) is 4.19. The molecule has 27 heavy (non-hydrogen) atoms. The van der Waals surface area contributed by atoms with Crippen molar-refractivity contribution in [3.63, 3.8) is 0 Å². The average Bonchev–Trinajstić information content (AvgIpc) is 3.15. The summed E-state index contributed by atoms with van der Waals surface area (Å²) in [6.45, 7) is 7.05. The van der Waals surface area contributed by atoms with Crippen LogP contribution in [0.2, 0.25) is 0 Å². The number of aryl methyl sites for hydroxylation is 3. The first kappa shape index (κ1) is 18.1. The molecule has 0 saturated carbocycles. The maximum atomic E-state index is 12.3. The van der Waals surface area contributed by atoms with E-state index in [0.717, 1.165) is 44.8 Å². The molecule has 4 rings (SSSR count). The number of benzene rings is 2. The SMILES string of the molecule is Cc1cccc(N2CCN(CCC(=O)Nc3ccc4c(c3)CCC4)CC2)c1. The summed E-state index contributed by atoms with van der Waals surface area (Å²) in [6, 6.07) is 15.1. The number of anilines is 2. The van der Waals surface area contributed by atoms with Crippen molar-refractivity contribution in [1.82, 2.24) is 4.90 Å². The Bertz CT molecular complexity index is 809. The van der Waals surface area contributed by atoms with Gasteiger partial charge in [-0.05, 0) is 67.1 Å². The molecule has 0 spiro atoms. The molecule has 4 heteroatoms. The number of piperazine rings is 1. The zero-order valence-corrected chi connectivity index (χ0v) is 16.2. The van der Waals surface area contributed by atoms with E-state index in [4.69, 9.17) is 0 Å². The van der Waals surface area contributed by atoms with Gasteiger partial charge < -0.3 is 10.2 Å². The van der Waals surface area contributed by atoms with Gasteiger partial charge in [-0.3, -0.25) is 9.69 Å². The maximum absolute atomic E-state index is 12.3. The van der Waals surface area contributed by atoms with Gasteiger partial charge >= 0.3 is 0 Å². The average molecular weight is 364 g/mol. The molecule has 0 radical (unpaired) electrons. The van der Waals surface area contributed by atoms with E-state index in [-0.39, 0.29) is 5.91 Å². The van der Waals surface area contributed by atoms with Crippen molar-refractivity contribution in [3.05, 3.63) is 59.2 Å². The lowest BCUT2D eigenvalue weighted by molar-refractivity contribution is -0.116.